The van der Waals surface area contributed by atoms with Gasteiger partial charge in [0.25, 0.3) is 0 Å². The van der Waals surface area contributed by atoms with Gasteiger partial charge in [0.05, 0.1) is 0 Å². The molecule has 0 bridgehead atoms. The number of likely N-dealkylation sites (N-methyl/N-ethyl adjacent to an activating group) is 1. The third-order valence-corrected chi connectivity index (χ3v) is 4.35. The Morgan fingerprint density at radius 2 is 1.71 bits per heavy atom. The molecule has 1 aliphatic heterocycles. The van der Waals surface area contributed by atoms with Gasteiger partial charge in [0, 0.05) is 19.0 Å². The van der Waals surface area contributed by atoms with Crippen LogP contribution in [0, 0.1) is 6.92 Å². The maximum atomic E-state index is 6.37. The molecule has 110 valence electrons. The van der Waals surface area contributed by atoms with Crippen LogP contribution in [0.3, 0.4) is 0 Å². The zero-order chi connectivity index (χ0) is 14.7. The Hall–Kier alpha value is -1.80. The van der Waals surface area contributed by atoms with Crippen molar-refractivity contribution in [2.45, 2.75) is 25.4 Å². The van der Waals surface area contributed by atoms with Gasteiger partial charge in [-0.05, 0) is 37.6 Å². The fourth-order valence-electron chi connectivity index (χ4n) is 3.11. The second kappa shape index (κ2) is 6.31. The Morgan fingerprint density at radius 3 is 2.48 bits per heavy atom. The monoisotopic (exact) mass is 281 g/mol. The van der Waals surface area contributed by atoms with Crippen LogP contribution in [0.15, 0.2) is 54.6 Å². The lowest BCUT2D eigenvalue weighted by atomic mass is 9.88. The lowest BCUT2D eigenvalue weighted by Crippen LogP contribution is -2.42. The van der Waals surface area contributed by atoms with Crippen LogP contribution in [0.4, 0.5) is 0 Å². The summed E-state index contributed by atoms with van der Waals surface area (Å²) in [6.07, 6.45) is 1.33. The molecule has 0 radical (unpaired) electrons. The van der Waals surface area contributed by atoms with Gasteiger partial charge in [0.2, 0.25) is 0 Å². The van der Waals surface area contributed by atoms with E-state index in [1.807, 2.05) is 0 Å². The normalized spacial score (nSPS) is 23.0. The maximum absolute atomic E-state index is 6.37. The highest BCUT2D eigenvalue weighted by Gasteiger charge is 2.30. The first-order chi connectivity index (χ1) is 10.2. The summed E-state index contributed by atoms with van der Waals surface area (Å²) in [6, 6.07) is 19.1. The van der Waals surface area contributed by atoms with E-state index in [4.69, 9.17) is 4.74 Å². The van der Waals surface area contributed by atoms with E-state index in [-0.39, 0.29) is 6.10 Å². The second-order valence-electron chi connectivity index (χ2n) is 5.99. The number of hydrogen-bond donors (Lipinski definition) is 0. The lowest BCUT2D eigenvalue weighted by molar-refractivity contribution is 0.0896. The van der Waals surface area contributed by atoms with Gasteiger partial charge in [-0.1, -0.05) is 48.5 Å². The number of hydrogen-bond acceptors (Lipinski definition) is 2. The van der Waals surface area contributed by atoms with Crippen LogP contribution in [0.1, 0.15) is 23.5 Å². The lowest BCUT2D eigenvalue weighted by Gasteiger charge is -2.37. The molecule has 2 heteroatoms. The van der Waals surface area contributed by atoms with Gasteiger partial charge < -0.3 is 9.64 Å². The van der Waals surface area contributed by atoms with Crippen molar-refractivity contribution < 1.29 is 4.74 Å². The molecule has 2 unspecified atom stereocenters. The third-order valence-electron chi connectivity index (χ3n) is 4.35. The Kier molecular flexibility index (Phi) is 4.26. The molecule has 2 nitrogen and oxygen atoms in total. The summed E-state index contributed by atoms with van der Waals surface area (Å²) >= 11 is 0. The summed E-state index contributed by atoms with van der Waals surface area (Å²) in [7, 11) is 2.19. The molecule has 0 aliphatic carbocycles. The van der Waals surface area contributed by atoms with Gasteiger partial charge in [-0.25, -0.2) is 0 Å². The van der Waals surface area contributed by atoms with Crippen molar-refractivity contribution in [3.63, 3.8) is 0 Å². The highest BCUT2D eigenvalue weighted by atomic mass is 16.5. The average molecular weight is 281 g/mol. The molecule has 0 N–H and O–H groups in total. The fourth-order valence-corrected chi connectivity index (χ4v) is 3.11. The van der Waals surface area contributed by atoms with Gasteiger partial charge in [-0.3, -0.25) is 0 Å². The minimum Gasteiger partial charge on any atom is -0.489 e. The second-order valence-corrected chi connectivity index (χ2v) is 5.99. The van der Waals surface area contributed by atoms with Crippen molar-refractivity contribution >= 4 is 0 Å². The topological polar surface area (TPSA) is 12.5 Å². The quantitative estimate of drug-likeness (QED) is 0.847. The van der Waals surface area contributed by atoms with E-state index in [1.54, 1.807) is 0 Å². The number of likely N-dealkylation sites (tertiary alicyclic amines) is 1. The van der Waals surface area contributed by atoms with E-state index >= 15 is 0 Å². The summed E-state index contributed by atoms with van der Waals surface area (Å²) < 4.78 is 6.37. The Balaban J connectivity index is 1.83. The van der Waals surface area contributed by atoms with Gasteiger partial charge in [-0.2, -0.15) is 0 Å². The molecular weight excluding hydrogens is 258 g/mol. The first-order valence-electron chi connectivity index (χ1n) is 7.70. The van der Waals surface area contributed by atoms with Gasteiger partial charge in [0.1, 0.15) is 11.9 Å². The molecule has 1 saturated heterocycles. The molecule has 1 heterocycles. The fraction of sp³-hybridized carbons (Fsp3) is 0.368. The van der Waals surface area contributed by atoms with E-state index in [0.29, 0.717) is 5.92 Å². The molecule has 3 rings (SSSR count). The van der Waals surface area contributed by atoms with E-state index < -0.39 is 0 Å². The highest BCUT2D eigenvalue weighted by Crippen LogP contribution is 2.31. The van der Waals surface area contributed by atoms with E-state index in [0.717, 1.165) is 25.3 Å². The zero-order valence-electron chi connectivity index (χ0n) is 12.8. The molecule has 2 aromatic rings. The Morgan fingerprint density at radius 1 is 1.00 bits per heavy atom. The predicted octanol–water partition coefficient (Wildman–Crippen LogP) is 3.86. The van der Waals surface area contributed by atoms with Crippen LogP contribution >= 0.6 is 0 Å². The third kappa shape index (κ3) is 3.27. The number of para-hydroxylation sites is 1. The molecule has 0 amide bonds. The Labute approximate surface area is 127 Å². The minimum atomic E-state index is 0.254. The molecule has 1 fully saturated rings. The van der Waals surface area contributed by atoms with Crippen LogP contribution in [0.25, 0.3) is 0 Å². The van der Waals surface area contributed by atoms with E-state index in [9.17, 15) is 0 Å². The summed E-state index contributed by atoms with van der Waals surface area (Å²) in [5, 5.41) is 0. The van der Waals surface area contributed by atoms with Crippen LogP contribution in [0.5, 0.6) is 5.75 Å². The molecule has 2 aromatic carbocycles. The summed E-state index contributed by atoms with van der Waals surface area (Å²) in [5.74, 6) is 1.46. The zero-order valence-corrected chi connectivity index (χ0v) is 12.8. The molecule has 21 heavy (non-hydrogen) atoms. The number of ether oxygens (including phenoxy) is 1. The van der Waals surface area contributed by atoms with Crippen LogP contribution in [-0.4, -0.2) is 31.1 Å². The van der Waals surface area contributed by atoms with Gasteiger partial charge >= 0.3 is 0 Å². The maximum Gasteiger partial charge on any atom is 0.122 e. The smallest absolute Gasteiger partial charge is 0.122 e. The number of aryl methyl sites for hydroxylation is 1. The van der Waals surface area contributed by atoms with E-state index in [1.165, 1.54) is 11.1 Å². The van der Waals surface area contributed by atoms with Gasteiger partial charge in [-0.15, -0.1) is 0 Å². The Bertz CT molecular complexity index is 581. The summed E-state index contributed by atoms with van der Waals surface area (Å²) in [5.41, 5.74) is 2.59. The average Bonchev–Trinajstić information content (AvgIpc) is 2.52. The SMILES string of the molecule is Cc1ccccc1OC1CCN(C)CC1c1ccccc1. The van der Waals surface area contributed by atoms with Crippen molar-refractivity contribution in [3.05, 3.63) is 65.7 Å². The number of piperidine rings is 1. The van der Waals surface area contributed by atoms with Gasteiger partial charge in [0.15, 0.2) is 0 Å². The molecule has 0 spiro atoms. The van der Waals surface area contributed by atoms with Crippen molar-refractivity contribution in [1.82, 2.24) is 4.90 Å². The summed E-state index contributed by atoms with van der Waals surface area (Å²) in [6.45, 7) is 4.27. The van der Waals surface area contributed by atoms with Crippen molar-refractivity contribution in [1.29, 1.82) is 0 Å². The van der Waals surface area contributed by atoms with Crippen molar-refractivity contribution in [2.75, 3.05) is 20.1 Å². The first-order valence-corrected chi connectivity index (χ1v) is 7.70. The standard InChI is InChI=1S/C19H23NO/c1-15-8-6-7-11-18(15)21-19-12-13-20(2)14-17(19)16-9-4-3-5-10-16/h3-11,17,19H,12-14H2,1-2H3. The van der Waals surface area contributed by atoms with E-state index in [2.05, 4.69) is 73.5 Å². The van der Waals surface area contributed by atoms with Crippen LogP contribution < -0.4 is 4.74 Å². The minimum absolute atomic E-state index is 0.254. The molecule has 0 saturated carbocycles. The largest absolute Gasteiger partial charge is 0.489 e. The predicted molar refractivity (Wildman–Crippen MR) is 86.9 cm³/mol. The summed E-state index contributed by atoms with van der Waals surface area (Å²) in [4.78, 5) is 2.40. The van der Waals surface area contributed by atoms with Crippen molar-refractivity contribution in [3.8, 4) is 5.75 Å². The number of rotatable bonds is 3. The highest BCUT2D eigenvalue weighted by molar-refractivity contribution is 5.32. The van der Waals surface area contributed by atoms with Crippen LogP contribution in [-0.2, 0) is 0 Å². The van der Waals surface area contributed by atoms with Crippen LogP contribution in [0.2, 0.25) is 0 Å². The number of nitrogens with zero attached hydrogens (tertiary/aromatic N) is 1. The first kappa shape index (κ1) is 14.2. The molecule has 2 atom stereocenters. The molecule has 1 aliphatic rings. The number of benzene rings is 2. The van der Waals surface area contributed by atoms with Crippen molar-refractivity contribution in [2.24, 2.45) is 0 Å². The molecular formula is C19H23NO. The molecule has 0 aromatic heterocycles.